The molecule has 0 bridgehead atoms. The minimum absolute atomic E-state index is 0.0153. The summed E-state index contributed by atoms with van der Waals surface area (Å²) in [4.78, 5) is 33.7. The Hall–Kier alpha value is -2.83. The summed E-state index contributed by atoms with van der Waals surface area (Å²) in [6.07, 6.45) is 2.33. The number of hydrogen-bond acceptors (Lipinski definition) is 4. The average molecular weight is 303 g/mol. The van der Waals surface area contributed by atoms with Crippen LogP contribution in [0, 0.1) is 0 Å². The van der Waals surface area contributed by atoms with Gasteiger partial charge in [-0.1, -0.05) is 0 Å². The zero-order valence-electron chi connectivity index (χ0n) is 12.4. The van der Waals surface area contributed by atoms with Crippen molar-refractivity contribution in [2.45, 2.75) is 20.4 Å². The number of nitrogens with one attached hydrogen (secondary N) is 2. The van der Waals surface area contributed by atoms with Crippen LogP contribution in [0.4, 0.5) is 0 Å². The molecule has 2 rings (SSSR count). The average Bonchev–Trinajstić information content (AvgIpc) is 2.83. The summed E-state index contributed by atoms with van der Waals surface area (Å²) in [7, 11) is 0. The third-order valence-corrected chi connectivity index (χ3v) is 3.01. The van der Waals surface area contributed by atoms with Crippen LogP contribution in [0.15, 0.2) is 24.4 Å². The van der Waals surface area contributed by atoms with Crippen LogP contribution < -0.4 is 15.6 Å². The molecule has 0 aliphatic carbocycles. The molecule has 0 unspecified atom stereocenters. The number of hydrogen-bond donors (Lipinski definition) is 2. The van der Waals surface area contributed by atoms with Crippen LogP contribution in [-0.4, -0.2) is 29.3 Å². The van der Waals surface area contributed by atoms with E-state index in [1.807, 2.05) is 6.92 Å². The molecule has 22 heavy (non-hydrogen) atoms. The molecule has 0 fully saturated rings. The predicted octanol–water partition coefficient (Wildman–Crippen LogP) is 1.02. The maximum Gasteiger partial charge on any atom is 0.258 e. The van der Waals surface area contributed by atoms with E-state index in [1.165, 1.54) is 6.92 Å². The van der Waals surface area contributed by atoms with E-state index in [9.17, 15) is 14.4 Å². The van der Waals surface area contributed by atoms with Gasteiger partial charge in [0.2, 0.25) is 5.91 Å². The number of fused-ring (bicyclic) bond motifs is 1. The normalized spacial score (nSPS) is 10.3. The number of amides is 2. The van der Waals surface area contributed by atoms with Gasteiger partial charge in [0, 0.05) is 29.6 Å². The SMILES string of the molecule is CCOc1ccc2c(c1)c(C=O)cn2CC(=O)NNC(C)=O. The van der Waals surface area contributed by atoms with E-state index in [0.717, 1.165) is 11.8 Å². The molecule has 2 amide bonds. The molecule has 0 aliphatic rings. The van der Waals surface area contributed by atoms with Gasteiger partial charge in [-0.25, -0.2) is 0 Å². The van der Waals surface area contributed by atoms with E-state index < -0.39 is 5.91 Å². The summed E-state index contributed by atoms with van der Waals surface area (Å²) in [5, 5.41) is 0.716. The molecule has 0 aliphatic heterocycles. The highest BCUT2D eigenvalue weighted by atomic mass is 16.5. The fourth-order valence-corrected chi connectivity index (χ4v) is 2.14. The second kappa shape index (κ2) is 6.75. The number of nitrogens with zero attached hydrogens (tertiary/aromatic N) is 1. The largest absolute Gasteiger partial charge is 0.494 e. The zero-order valence-corrected chi connectivity index (χ0v) is 12.4. The molecule has 7 nitrogen and oxygen atoms in total. The summed E-state index contributed by atoms with van der Waals surface area (Å²) in [5.74, 6) is -0.0855. The van der Waals surface area contributed by atoms with E-state index in [-0.39, 0.29) is 12.5 Å². The van der Waals surface area contributed by atoms with Crippen LogP contribution in [0.25, 0.3) is 10.9 Å². The summed E-state index contributed by atoms with van der Waals surface area (Å²) < 4.78 is 7.06. The molecule has 0 atom stereocenters. The number of rotatable bonds is 5. The van der Waals surface area contributed by atoms with Gasteiger partial charge >= 0.3 is 0 Å². The Morgan fingerprint density at radius 2 is 2.09 bits per heavy atom. The summed E-state index contributed by atoms with van der Waals surface area (Å²) in [6, 6.07) is 5.34. The van der Waals surface area contributed by atoms with E-state index in [0.29, 0.717) is 23.3 Å². The summed E-state index contributed by atoms with van der Waals surface area (Å²) in [6.45, 7) is 3.69. The van der Waals surface area contributed by atoms with Crippen LogP contribution in [0.1, 0.15) is 24.2 Å². The Morgan fingerprint density at radius 3 is 2.73 bits per heavy atom. The predicted molar refractivity (Wildman–Crippen MR) is 80.5 cm³/mol. The second-order valence-corrected chi connectivity index (χ2v) is 4.67. The minimum atomic E-state index is -0.390. The summed E-state index contributed by atoms with van der Waals surface area (Å²) in [5.41, 5.74) is 5.72. The lowest BCUT2D eigenvalue weighted by atomic mass is 10.2. The Kier molecular flexibility index (Phi) is 4.77. The minimum Gasteiger partial charge on any atom is -0.494 e. The van der Waals surface area contributed by atoms with E-state index >= 15 is 0 Å². The van der Waals surface area contributed by atoms with E-state index in [4.69, 9.17) is 4.74 Å². The smallest absolute Gasteiger partial charge is 0.258 e. The maximum atomic E-state index is 11.8. The highest BCUT2D eigenvalue weighted by molar-refractivity contribution is 5.99. The molecule has 1 aromatic heterocycles. The van der Waals surface area contributed by atoms with Gasteiger partial charge in [0.05, 0.1) is 6.61 Å². The van der Waals surface area contributed by atoms with Crippen molar-refractivity contribution in [2.75, 3.05) is 6.61 Å². The Bertz CT molecular complexity index is 721. The lowest BCUT2D eigenvalue weighted by Crippen LogP contribution is -2.41. The lowest BCUT2D eigenvalue weighted by Gasteiger charge is -2.08. The maximum absolute atomic E-state index is 11.8. The monoisotopic (exact) mass is 303 g/mol. The molecule has 1 heterocycles. The lowest BCUT2D eigenvalue weighted by molar-refractivity contribution is -0.128. The molecule has 7 heteroatoms. The van der Waals surface area contributed by atoms with Gasteiger partial charge in [-0.15, -0.1) is 0 Å². The van der Waals surface area contributed by atoms with Crippen LogP contribution in [0.5, 0.6) is 5.75 Å². The first-order valence-electron chi connectivity index (χ1n) is 6.81. The molecule has 0 saturated carbocycles. The molecule has 2 aromatic rings. The number of ether oxygens (including phenoxy) is 1. The summed E-state index contributed by atoms with van der Waals surface area (Å²) >= 11 is 0. The zero-order chi connectivity index (χ0) is 16.1. The Balaban J connectivity index is 2.28. The molecular weight excluding hydrogens is 286 g/mol. The van der Waals surface area contributed by atoms with Gasteiger partial charge in [-0.05, 0) is 25.1 Å². The van der Waals surface area contributed by atoms with Gasteiger partial charge in [0.1, 0.15) is 12.3 Å². The molecule has 1 aromatic carbocycles. The topological polar surface area (TPSA) is 89.4 Å². The van der Waals surface area contributed by atoms with Gasteiger partial charge in [-0.3, -0.25) is 25.2 Å². The van der Waals surface area contributed by atoms with Crippen molar-refractivity contribution in [2.24, 2.45) is 0 Å². The van der Waals surface area contributed by atoms with Crippen molar-refractivity contribution in [1.82, 2.24) is 15.4 Å². The van der Waals surface area contributed by atoms with Crippen molar-refractivity contribution < 1.29 is 19.1 Å². The number of aromatic nitrogens is 1. The number of aldehydes is 1. The van der Waals surface area contributed by atoms with Crippen LogP contribution in [0.2, 0.25) is 0 Å². The molecule has 0 spiro atoms. The third kappa shape index (κ3) is 3.43. The quantitative estimate of drug-likeness (QED) is 0.637. The molecule has 0 saturated heterocycles. The van der Waals surface area contributed by atoms with E-state index in [2.05, 4.69) is 10.9 Å². The van der Waals surface area contributed by atoms with E-state index in [1.54, 1.807) is 29.0 Å². The molecular formula is C15H17N3O4. The molecule has 0 radical (unpaired) electrons. The second-order valence-electron chi connectivity index (χ2n) is 4.67. The molecule has 116 valence electrons. The molecule has 2 N–H and O–H groups in total. The Labute approximate surface area is 127 Å². The first kappa shape index (κ1) is 15.6. The van der Waals surface area contributed by atoms with Gasteiger partial charge in [-0.2, -0.15) is 0 Å². The van der Waals surface area contributed by atoms with Gasteiger partial charge < -0.3 is 9.30 Å². The number of hydrazine groups is 1. The van der Waals surface area contributed by atoms with Crippen molar-refractivity contribution in [1.29, 1.82) is 0 Å². The fraction of sp³-hybridized carbons (Fsp3) is 0.267. The van der Waals surface area contributed by atoms with Gasteiger partial charge in [0.25, 0.3) is 5.91 Å². The standard InChI is InChI=1S/C15H17N3O4/c1-3-22-12-4-5-14-13(6-12)11(9-19)7-18(14)8-15(21)17-16-10(2)20/h4-7,9H,3,8H2,1-2H3,(H,16,20)(H,17,21). The highest BCUT2D eigenvalue weighted by Gasteiger charge is 2.12. The first-order chi connectivity index (χ1) is 10.5. The number of carbonyl (C=O) groups is 3. The highest BCUT2D eigenvalue weighted by Crippen LogP contribution is 2.25. The number of carbonyl (C=O) groups excluding carboxylic acids is 3. The van der Waals surface area contributed by atoms with Crippen molar-refractivity contribution in [3.05, 3.63) is 30.0 Å². The van der Waals surface area contributed by atoms with Crippen LogP contribution >= 0.6 is 0 Å². The van der Waals surface area contributed by atoms with Crippen molar-refractivity contribution in [3.63, 3.8) is 0 Å². The first-order valence-corrected chi connectivity index (χ1v) is 6.81. The fourth-order valence-electron chi connectivity index (χ4n) is 2.14. The van der Waals surface area contributed by atoms with Crippen molar-refractivity contribution >= 4 is 29.0 Å². The van der Waals surface area contributed by atoms with Crippen LogP contribution in [-0.2, 0) is 16.1 Å². The van der Waals surface area contributed by atoms with Gasteiger partial charge in [0.15, 0.2) is 6.29 Å². The third-order valence-electron chi connectivity index (χ3n) is 3.01. The van der Waals surface area contributed by atoms with Crippen molar-refractivity contribution in [3.8, 4) is 5.75 Å². The Morgan fingerprint density at radius 1 is 1.32 bits per heavy atom. The number of benzene rings is 1. The van der Waals surface area contributed by atoms with Crippen LogP contribution in [0.3, 0.4) is 0 Å².